The minimum absolute atomic E-state index is 0.0401. The van der Waals surface area contributed by atoms with E-state index in [1.807, 2.05) is 31.2 Å². The zero-order valence-electron chi connectivity index (χ0n) is 16.3. The molecule has 0 spiro atoms. The summed E-state index contributed by atoms with van der Waals surface area (Å²) in [6, 6.07) is 7.31. The normalized spacial score (nSPS) is 17.2. The molecule has 0 radical (unpaired) electrons. The zero-order valence-corrected chi connectivity index (χ0v) is 17.1. The van der Waals surface area contributed by atoms with E-state index >= 15 is 0 Å². The lowest BCUT2D eigenvalue weighted by molar-refractivity contribution is -0.114. The molecule has 0 bridgehead atoms. The first-order valence-corrected chi connectivity index (χ1v) is 10.4. The molecule has 0 aliphatic heterocycles. The SMILES string of the molecule is CC(=O)Nc1ccc(N[C@H](C)c2nc3sc4c(c3c(=O)[nH]2)CC[C@@H](C)C4)cc1. The van der Waals surface area contributed by atoms with Gasteiger partial charge in [-0.3, -0.25) is 9.59 Å². The number of amides is 1. The van der Waals surface area contributed by atoms with Gasteiger partial charge in [-0.25, -0.2) is 4.98 Å². The molecule has 6 nitrogen and oxygen atoms in total. The Morgan fingerprint density at radius 3 is 2.71 bits per heavy atom. The molecule has 0 saturated heterocycles. The Bertz CT molecular complexity index is 1080. The van der Waals surface area contributed by atoms with Crippen molar-refractivity contribution < 1.29 is 4.79 Å². The van der Waals surface area contributed by atoms with Crippen molar-refractivity contribution in [3.8, 4) is 0 Å². The number of hydrogen-bond acceptors (Lipinski definition) is 5. The molecule has 0 saturated carbocycles. The number of rotatable bonds is 4. The molecule has 1 aliphatic carbocycles. The quantitative estimate of drug-likeness (QED) is 0.616. The first-order chi connectivity index (χ1) is 13.4. The van der Waals surface area contributed by atoms with Crippen LogP contribution in [0.1, 0.15) is 49.5 Å². The van der Waals surface area contributed by atoms with Crippen LogP contribution in [0.5, 0.6) is 0 Å². The monoisotopic (exact) mass is 396 g/mol. The first-order valence-electron chi connectivity index (χ1n) is 9.59. The number of aromatic amines is 1. The van der Waals surface area contributed by atoms with E-state index in [0.29, 0.717) is 11.7 Å². The smallest absolute Gasteiger partial charge is 0.259 e. The average Bonchev–Trinajstić information content (AvgIpc) is 3.00. The summed E-state index contributed by atoms with van der Waals surface area (Å²) in [7, 11) is 0. The number of anilines is 2. The fourth-order valence-electron chi connectivity index (χ4n) is 3.74. The van der Waals surface area contributed by atoms with Crippen LogP contribution in [0.25, 0.3) is 10.2 Å². The fraction of sp³-hybridized carbons (Fsp3) is 0.381. The van der Waals surface area contributed by atoms with Crippen molar-refractivity contribution in [2.75, 3.05) is 10.6 Å². The van der Waals surface area contributed by atoms with Gasteiger partial charge in [-0.2, -0.15) is 0 Å². The van der Waals surface area contributed by atoms with Crippen molar-refractivity contribution >= 4 is 38.8 Å². The van der Waals surface area contributed by atoms with Crippen molar-refractivity contribution in [3.05, 3.63) is 50.9 Å². The molecule has 2 atom stereocenters. The van der Waals surface area contributed by atoms with Gasteiger partial charge in [0.05, 0.1) is 11.4 Å². The van der Waals surface area contributed by atoms with Crippen molar-refractivity contribution in [1.29, 1.82) is 0 Å². The summed E-state index contributed by atoms with van der Waals surface area (Å²) >= 11 is 1.66. The van der Waals surface area contributed by atoms with Gasteiger partial charge in [0.2, 0.25) is 5.91 Å². The largest absolute Gasteiger partial charge is 0.375 e. The molecule has 2 heterocycles. The molecule has 2 aromatic heterocycles. The number of thiophene rings is 1. The molecule has 1 aliphatic rings. The lowest BCUT2D eigenvalue weighted by atomic mass is 9.89. The van der Waals surface area contributed by atoms with Crippen molar-refractivity contribution in [3.63, 3.8) is 0 Å². The molecule has 1 amide bonds. The van der Waals surface area contributed by atoms with Gasteiger partial charge in [-0.15, -0.1) is 11.3 Å². The number of carbonyl (C=O) groups excluding carboxylic acids is 1. The third-order valence-electron chi connectivity index (χ3n) is 5.18. The number of aromatic nitrogens is 2. The van der Waals surface area contributed by atoms with Crippen LogP contribution in [0.4, 0.5) is 11.4 Å². The number of aryl methyl sites for hydroxylation is 1. The molecular formula is C21H24N4O2S. The van der Waals surface area contributed by atoms with E-state index < -0.39 is 0 Å². The number of carbonyl (C=O) groups is 1. The van der Waals surface area contributed by atoms with Crippen LogP contribution in [-0.4, -0.2) is 15.9 Å². The lowest BCUT2D eigenvalue weighted by Crippen LogP contribution is -2.18. The van der Waals surface area contributed by atoms with E-state index in [1.165, 1.54) is 17.4 Å². The van der Waals surface area contributed by atoms with E-state index in [0.717, 1.165) is 40.9 Å². The molecule has 28 heavy (non-hydrogen) atoms. The summed E-state index contributed by atoms with van der Waals surface area (Å²) in [6.07, 6.45) is 3.14. The molecule has 1 aromatic carbocycles. The summed E-state index contributed by atoms with van der Waals surface area (Å²) in [5, 5.41) is 6.88. The summed E-state index contributed by atoms with van der Waals surface area (Å²) in [4.78, 5) is 33.8. The summed E-state index contributed by atoms with van der Waals surface area (Å²) < 4.78 is 0. The van der Waals surface area contributed by atoms with Gasteiger partial charge in [-0.05, 0) is 61.9 Å². The van der Waals surface area contributed by atoms with E-state index in [1.54, 1.807) is 11.3 Å². The van der Waals surface area contributed by atoms with Crippen LogP contribution in [0.15, 0.2) is 29.1 Å². The molecule has 4 rings (SSSR count). The Balaban J connectivity index is 1.58. The van der Waals surface area contributed by atoms with Gasteiger partial charge in [0.25, 0.3) is 5.56 Å². The first kappa shape index (κ1) is 18.7. The maximum Gasteiger partial charge on any atom is 0.259 e. The predicted molar refractivity (Wildman–Crippen MR) is 114 cm³/mol. The molecule has 7 heteroatoms. The number of nitrogens with zero attached hydrogens (tertiary/aromatic N) is 1. The minimum atomic E-state index is -0.151. The van der Waals surface area contributed by atoms with E-state index in [9.17, 15) is 9.59 Å². The summed E-state index contributed by atoms with van der Waals surface area (Å²) in [5.74, 6) is 1.20. The van der Waals surface area contributed by atoms with Crippen LogP contribution >= 0.6 is 11.3 Å². The predicted octanol–water partition coefficient (Wildman–Crippen LogP) is 4.24. The van der Waals surface area contributed by atoms with Gasteiger partial charge in [0, 0.05) is 23.2 Å². The maximum absolute atomic E-state index is 12.8. The van der Waals surface area contributed by atoms with Crippen LogP contribution in [0.3, 0.4) is 0 Å². The van der Waals surface area contributed by atoms with E-state index in [4.69, 9.17) is 4.98 Å². The Labute approximate surface area is 167 Å². The van der Waals surface area contributed by atoms with Gasteiger partial charge >= 0.3 is 0 Å². The third-order valence-corrected chi connectivity index (χ3v) is 6.33. The summed E-state index contributed by atoms with van der Waals surface area (Å²) in [5.41, 5.74) is 2.80. The standard InChI is InChI=1S/C21H24N4O2S/c1-11-4-9-16-17(10-11)28-21-18(16)20(27)24-19(25-21)12(2)22-14-5-7-15(8-6-14)23-13(3)26/h5-8,11-12,22H,4,9-10H2,1-3H3,(H,23,26)(H,24,25,27)/t11-,12-/m1/s1. The topological polar surface area (TPSA) is 86.9 Å². The second-order valence-corrected chi connectivity index (χ2v) is 8.69. The number of H-pyrrole nitrogens is 1. The van der Waals surface area contributed by atoms with E-state index in [2.05, 4.69) is 22.5 Å². The van der Waals surface area contributed by atoms with Gasteiger partial charge in [0.1, 0.15) is 10.7 Å². The molecule has 3 N–H and O–H groups in total. The number of nitrogens with one attached hydrogen (secondary N) is 3. The molecule has 146 valence electrons. The Hall–Kier alpha value is -2.67. The fourth-order valence-corrected chi connectivity index (χ4v) is 5.13. The summed E-state index contributed by atoms with van der Waals surface area (Å²) in [6.45, 7) is 5.72. The highest BCUT2D eigenvalue weighted by molar-refractivity contribution is 7.18. The number of fused-ring (bicyclic) bond motifs is 3. The van der Waals surface area contributed by atoms with Crippen molar-refractivity contribution in [1.82, 2.24) is 9.97 Å². The molecule has 0 fully saturated rings. The highest BCUT2D eigenvalue weighted by atomic mass is 32.1. The number of benzene rings is 1. The maximum atomic E-state index is 12.8. The van der Waals surface area contributed by atoms with Crippen LogP contribution in [-0.2, 0) is 17.6 Å². The second-order valence-electron chi connectivity index (χ2n) is 7.61. The van der Waals surface area contributed by atoms with Crippen LogP contribution in [0.2, 0.25) is 0 Å². The van der Waals surface area contributed by atoms with Crippen molar-refractivity contribution in [2.24, 2.45) is 5.92 Å². The van der Waals surface area contributed by atoms with Crippen molar-refractivity contribution in [2.45, 2.75) is 46.1 Å². The molecule has 3 aromatic rings. The van der Waals surface area contributed by atoms with E-state index in [-0.39, 0.29) is 17.5 Å². The van der Waals surface area contributed by atoms with Gasteiger partial charge in [-0.1, -0.05) is 6.92 Å². The number of hydrogen-bond donors (Lipinski definition) is 3. The van der Waals surface area contributed by atoms with Gasteiger partial charge in [0.15, 0.2) is 0 Å². The van der Waals surface area contributed by atoms with Crippen LogP contribution < -0.4 is 16.2 Å². The third kappa shape index (κ3) is 3.67. The lowest BCUT2D eigenvalue weighted by Gasteiger charge is -2.17. The highest BCUT2D eigenvalue weighted by Crippen LogP contribution is 2.36. The average molecular weight is 397 g/mol. The Morgan fingerprint density at radius 1 is 1.29 bits per heavy atom. The Kier molecular flexibility index (Phi) is 4.93. The Morgan fingerprint density at radius 2 is 2.00 bits per heavy atom. The van der Waals surface area contributed by atoms with Gasteiger partial charge < -0.3 is 15.6 Å². The second kappa shape index (κ2) is 7.39. The van der Waals surface area contributed by atoms with Crippen LogP contribution in [0, 0.1) is 5.92 Å². The molecule has 0 unspecified atom stereocenters. The minimum Gasteiger partial charge on any atom is -0.375 e. The molecular weight excluding hydrogens is 372 g/mol. The highest BCUT2D eigenvalue weighted by Gasteiger charge is 2.23. The zero-order chi connectivity index (χ0) is 19.8.